The quantitative estimate of drug-likeness (QED) is 0.864. The molecule has 6 nitrogen and oxygen atoms in total. The number of nitrogens with zero attached hydrogens (tertiary/aromatic N) is 2. The summed E-state index contributed by atoms with van der Waals surface area (Å²) in [6, 6.07) is 0.0680. The van der Waals surface area contributed by atoms with E-state index in [0.29, 0.717) is 29.4 Å². The third-order valence-corrected chi connectivity index (χ3v) is 5.60. The maximum absolute atomic E-state index is 12.6. The van der Waals surface area contributed by atoms with Crippen molar-refractivity contribution in [2.75, 3.05) is 0 Å². The van der Waals surface area contributed by atoms with E-state index in [0.717, 1.165) is 31.2 Å². The van der Waals surface area contributed by atoms with Crippen LogP contribution in [0.3, 0.4) is 0 Å². The normalized spacial score (nSPS) is 20.6. The van der Waals surface area contributed by atoms with Crippen molar-refractivity contribution >= 4 is 16.8 Å². The number of hydrogen-bond donors (Lipinski definition) is 1. The van der Waals surface area contributed by atoms with Crippen molar-refractivity contribution in [1.29, 1.82) is 0 Å². The molecule has 0 aromatic carbocycles. The molecule has 6 heteroatoms. The topological polar surface area (TPSA) is 84.8 Å². The molecule has 1 fully saturated rings. The fourth-order valence-electron chi connectivity index (χ4n) is 4.45. The summed E-state index contributed by atoms with van der Waals surface area (Å²) in [6.07, 6.45) is 7.83. The minimum Gasteiger partial charge on any atom is -0.294 e. The second-order valence-corrected chi connectivity index (χ2v) is 8.21. The van der Waals surface area contributed by atoms with E-state index >= 15 is 0 Å². The van der Waals surface area contributed by atoms with Gasteiger partial charge in [-0.15, -0.1) is 0 Å². The SMILES string of the molecule is CC1(C)CC(=O)c2cnc3c(c2C1)c(=O)[nH]c(=O)n3C1CCCCC1. The number of ketones is 1. The molecule has 0 saturated heterocycles. The van der Waals surface area contributed by atoms with Gasteiger partial charge >= 0.3 is 5.69 Å². The van der Waals surface area contributed by atoms with Gasteiger partial charge in [0.05, 0.1) is 5.39 Å². The Kier molecular flexibility index (Phi) is 3.67. The van der Waals surface area contributed by atoms with E-state index in [4.69, 9.17) is 0 Å². The molecule has 4 rings (SSSR count). The van der Waals surface area contributed by atoms with E-state index < -0.39 is 11.2 Å². The number of carbonyl (C=O) groups is 1. The average Bonchev–Trinajstić information content (AvgIpc) is 2.54. The summed E-state index contributed by atoms with van der Waals surface area (Å²) in [6.45, 7) is 4.07. The predicted octanol–water partition coefficient (Wildman–Crippen LogP) is 2.75. The van der Waals surface area contributed by atoms with Gasteiger partial charge in [0, 0.05) is 24.2 Å². The third kappa shape index (κ3) is 2.64. The first-order valence-electron chi connectivity index (χ1n) is 9.07. The molecular weight excluding hydrogens is 318 g/mol. The summed E-state index contributed by atoms with van der Waals surface area (Å²) in [7, 11) is 0. The van der Waals surface area contributed by atoms with Gasteiger partial charge in [0.2, 0.25) is 0 Å². The third-order valence-electron chi connectivity index (χ3n) is 5.60. The van der Waals surface area contributed by atoms with Gasteiger partial charge < -0.3 is 0 Å². The molecule has 0 bridgehead atoms. The zero-order valence-electron chi connectivity index (χ0n) is 14.7. The molecule has 132 valence electrons. The van der Waals surface area contributed by atoms with Gasteiger partial charge in [-0.3, -0.25) is 19.1 Å². The fourth-order valence-corrected chi connectivity index (χ4v) is 4.45. The highest BCUT2D eigenvalue weighted by atomic mass is 16.2. The van der Waals surface area contributed by atoms with Crippen LogP contribution in [0.2, 0.25) is 0 Å². The van der Waals surface area contributed by atoms with Crippen LogP contribution in [0.5, 0.6) is 0 Å². The number of hydrogen-bond acceptors (Lipinski definition) is 4. The first kappa shape index (κ1) is 16.2. The molecule has 0 atom stereocenters. The van der Waals surface area contributed by atoms with Crippen LogP contribution in [-0.2, 0) is 6.42 Å². The first-order valence-corrected chi connectivity index (χ1v) is 9.07. The van der Waals surface area contributed by atoms with E-state index in [9.17, 15) is 14.4 Å². The molecule has 0 amide bonds. The van der Waals surface area contributed by atoms with E-state index in [1.165, 1.54) is 6.42 Å². The number of H-pyrrole nitrogens is 1. The Morgan fingerprint density at radius 3 is 2.56 bits per heavy atom. The number of nitrogens with one attached hydrogen (secondary N) is 1. The maximum atomic E-state index is 12.6. The summed E-state index contributed by atoms with van der Waals surface area (Å²) < 4.78 is 1.66. The van der Waals surface area contributed by atoms with E-state index in [1.807, 2.05) is 13.8 Å². The minimum absolute atomic E-state index is 0.0236. The van der Waals surface area contributed by atoms with Crippen molar-refractivity contribution in [3.63, 3.8) is 0 Å². The lowest BCUT2D eigenvalue weighted by molar-refractivity contribution is 0.0912. The van der Waals surface area contributed by atoms with Gasteiger partial charge in [-0.05, 0) is 30.2 Å². The van der Waals surface area contributed by atoms with Gasteiger partial charge in [-0.2, -0.15) is 0 Å². The number of aromatic nitrogens is 3. The van der Waals surface area contributed by atoms with Crippen molar-refractivity contribution in [2.45, 2.75) is 64.8 Å². The van der Waals surface area contributed by atoms with Gasteiger partial charge in [0.15, 0.2) is 5.78 Å². The van der Waals surface area contributed by atoms with Gasteiger partial charge in [-0.1, -0.05) is 33.1 Å². The van der Waals surface area contributed by atoms with Crippen molar-refractivity contribution in [3.8, 4) is 0 Å². The largest absolute Gasteiger partial charge is 0.330 e. The van der Waals surface area contributed by atoms with Gasteiger partial charge in [-0.25, -0.2) is 9.78 Å². The van der Waals surface area contributed by atoms with Crippen LogP contribution in [0.4, 0.5) is 0 Å². The summed E-state index contributed by atoms with van der Waals surface area (Å²) in [4.78, 5) is 44.5. The number of aromatic amines is 1. The molecule has 2 aliphatic rings. The number of rotatable bonds is 1. The number of pyridine rings is 1. The van der Waals surface area contributed by atoms with Gasteiger partial charge in [0.25, 0.3) is 5.56 Å². The second kappa shape index (κ2) is 5.64. The van der Waals surface area contributed by atoms with Crippen molar-refractivity contribution in [3.05, 3.63) is 38.2 Å². The van der Waals surface area contributed by atoms with Crippen LogP contribution in [-0.4, -0.2) is 20.3 Å². The lowest BCUT2D eigenvalue weighted by Crippen LogP contribution is -2.36. The van der Waals surface area contributed by atoms with Crippen LogP contribution >= 0.6 is 0 Å². The lowest BCUT2D eigenvalue weighted by atomic mass is 9.73. The molecule has 1 saturated carbocycles. The highest BCUT2D eigenvalue weighted by Crippen LogP contribution is 2.37. The Bertz CT molecular complexity index is 978. The predicted molar refractivity (Wildman–Crippen MR) is 95.2 cm³/mol. The van der Waals surface area contributed by atoms with E-state index in [-0.39, 0.29) is 17.2 Å². The van der Waals surface area contributed by atoms with Crippen molar-refractivity contribution < 1.29 is 4.79 Å². The monoisotopic (exact) mass is 341 g/mol. The Hall–Kier alpha value is -2.24. The zero-order chi connectivity index (χ0) is 17.8. The van der Waals surface area contributed by atoms with Crippen molar-refractivity contribution in [1.82, 2.24) is 14.5 Å². The molecule has 25 heavy (non-hydrogen) atoms. The standard InChI is InChI=1S/C19H23N3O3/c1-19(2)8-12-13(14(23)9-19)10-20-16-15(12)17(24)21-18(25)22(16)11-6-4-3-5-7-11/h10-11H,3-9H2,1-2H3,(H,21,24,25). The summed E-state index contributed by atoms with van der Waals surface area (Å²) >= 11 is 0. The average molecular weight is 341 g/mol. The molecule has 2 aromatic rings. The molecule has 0 unspecified atom stereocenters. The Labute approximate surface area is 145 Å². The maximum Gasteiger partial charge on any atom is 0.330 e. The van der Waals surface area contributed by atoms with Crippen LogP contribution < -0.4 is 11.2 Å². The Balaban J connectivity index is 2.02. The molecule has 2 aliphatic carbocycles. The van der Waals surface area contributed by atoms with E-state index in [1.54, 1.807) is 10.8 Å². The van der Waals surface area contributed by atoms with Crippen molar-refractivity contribution in [2.24, 2.45) is 5.41 Å². The summed E-state index contributed by atoms with van der Waals surface area (Å²) in [5.41, 5.74) is 0.699. The molecule has 0 aliphatic heterocycles. The van der Waals surface area contributed by atoms with Crippen LogP contribution in [0.1, 0.15) is 74.3 Å². The Morgan fingerprint density at radius 1 is 1.12 bits per heavy atom. The molecular formula is C19H23N3O3. The summed E-state index contributed by atoms with van der Waals surface area (Å²) in [5.74, 6) is 0.0236. The highest BCUT2D eigenvalue weighted by Gasteiger charge is 2.34. The molecule has 0 spiro atoms. The van der Waals surface area contributed by atoms with E-state index in [2.05, 4.69) is 9.97 Å². The molecule has 1 N–H and O–H groups in total. The second-order valence-electron chi connectivity index (χ2n) is 8.21. The van der Waals surface area contributed by atoms with Gasteiger partial charge in [0.1, 0.15) is 5.65 Å². The molecule has 2 heterocycles. The molecule has 0 radical (unpaired) electrons. The molecule has 2 aromatic heterocycles. The zero-order valence-corrected chi connectivity index (χ0v) is 14.7. The number of carbonyl (C=O) groups excluding carboxylic acids is 1. The van der Waals surface area contributed by atoms with Crippen LogP contribution in [0.15, 0.2) is 15.8 Å². The minimum atomic E-state index is -0.429. The number of Topliss-reactive ketones (excluding diaryl/α,β-unsaturated/α-hetero) is 1. The smallest absolute Gasteiger partial charge is 0.294 e. The van der Waals surface area contributed by atoms with Crippen LogP contribution in [0, 0.1) is 5.41 Å². The lowest BCUT2D eigenvalue weighted by Gasteiger charge is -2.31. The highest BCUT2D eigenvalue weighted by molar-refractivity contribution is 6.02. The summed E-state index contributed by atoms with van der Waals surface area (Å²) in [5, 5.41) is 0.420. The fraction of sp³-hybridized carbons (Fsp3) is 0.579. The Morgan fingerprint density at radius 2 is 1.84 bits per heavy atom. The van der Waals surface area contributed by atoms with Crippen LogP contribution in [0.25, 0.3) is 11.0 Å². The first-order chi connectivity index (χ1) is 11.9. The number of fused-ring (bicyclic) bond motifs is 3.